The molecule has 1 saturated carbocycles. The lowest BCUT2D eigenvalue weighted by Gasteiger charge is -2.16. The summed E-state index contributed by atoms with van der Waals surface area (Å²) in [6, 6.07) is 18.1. The van der Waals surface area contributed by atoms with Crippen molar-refractivity contribution in [2.45, 2.75) is 24.8 Å². The average molecular weight is 317 g/mol. The Hall–Kier alpha value is -1.84. The fraction of sp³-hybridized carbons (Fsp3) is 0.278. The lowest BCUT2D eigenvalue weighted by Crippen LogP contribution is -2.27. The zero-order valence-electron chi connectivity index (χ0n) is 12.6. The van der Waals surface area contributed by atoms with E-state index >= 15 is 0 Å². The topological polar surface area (TPSA) is 41.1 Å². The molecule has 1 amide bonds. The summed E-state index contributed by atoms with van der Waals surface area (Å²) >= 11 is 0. The maximum absolute atomic E-state index is 12.6. The molecule has 1 fully saturated rings. The van der Waals surface area contributed by atoms with Gasteiger partial charge >= 0.3 is 0 Å². The van der Waals surface area contributed by atoms with Gasteiger partial charge in [-0.15, -0.1) is 12.4 Å². The molecule has 0 atom stereocenters. The molecule has 0 aromatic heterocycles. The quantitative estimate of drug-likeness (QED) is 0.886. The highest BCUT2D eigenvalue weighted by Crippen LogP contribution is 2.48. The number of halogens is 1. The third-order valence-corrected chi connectivity index (χ3v) is 4.08. The smallest absolute Gasteiger partial charge is 0.235 e. The van der Waals surface area contributed by atoms with E-state index in [1.54, 1.807) is 0 Å². The van der Waals surface area contributed by atoms with Gasteiger partial charge in [-0.05, 0) is 43.1 Å². The largest absolute Gasteiger partial charge is 0.325 e. The second-order valence-electron chi connectivity index (χ2n) is 5.63. The van der Waals surface area contributed by atoms with E-state index in [0.29, 0.717) is 0 Å². The maximum Gasteiger partial charge on any atom is 0.235 e. The molecule has 3 nitrogen and oxygen atoms in total. The fourth-order valence-electron chi connectivity index (χ4n) is 2.74. The van der Waals surface area contributed by atoms with Gasteiger partial charge in [0.1, 0.15) is 0 Å². The summed E-state index contributed by atoms with van der Waals surface area (Å²) in [4.78, 5) is 12.6. The summed E-state index contributed by atoms with van der Waals surface area (Å²) in [5.41, 5.74) is 2.84. The molecule has 2 aromatic rings. The van der Waals surface area contributed by atoms with Gasteiger partial charge in [0.15, 0.2) is 0 Å². The molecular formula is C18H21ClN2O. The number of amides is 1. The minimum atomic E-state index is -0.319. The van der Waals surface area contributed by atoms with Gasteiger partial charge in [0.25, 0.3) is 0 Å². The first-order valence-electron chi connectivity index (χ1n) is 7.35. The number of carbonyl (C=O) groups is 1. The first-order chi connectivity index (χ1) is 10.2. The van der Waals surface area contributed by atoms with E-state index < -0.39 is 0 Å². The normalized spacial score (nSPS) is 14.8. The zero-order chi connectivity index (χ0) is 14.7. The third kappa shape index (κ3) is 3.32. The number of nitrogens with one attached hydrogen (secondary N) is 2. The number of carbonyl (C=O) groups excluding carboxylic acids is 1. The number of benzene rings is 2. The molecule has 116 valence electrons. The third-order valence-electron chi connectivity index (χ3n) is 4.08. The molecule has 22 heavy (non-hydrogen) atoms. The van der Waals surface area contributed by atoms with Gasteiger partial charge in [-0.2, -0.15) is 0 Å². The van der Waals surface area contributed by atoms with Crippen LogP contribution in [0.25, 0.3) is 0 Å². The van der Waals surface area contributed by atoms with Crippen molar-refractivity contribution in [2.75, 3.05) is 12.4 Å². The lowest BCUT2D eigenvalue weighted by atomic mass is 9.95. The Labute approximate surface area is 137 Å². The van der Waals surface area contributed by atoms with Crippen molar-refractivity contribution < 1.29 is 4.79 Å². The van der Waals surface area contributed by atoms with E-state index in [4.69, 9.17) is 0 Å². The summed E-state index contributed by atoms with van der Waals surface area (Å²) in [7, 11) is 1.92. The van der Waals surface area contributed by atoms with Crippen LogP contribution in [0.1, 0.15) is 24.0 Å². The molecule has 1 aliphatic rings. The Balaban J connectivity index is 0.00000176. The molecule has 0 unspecified atom stereocenters. The summed E-state index contributed by atoms with van der Waals surface area (Å²) in [5, 5.41) is 6.20. The Kier molecular flexibility index (Phi) is 5.22. The molecule has 2 N–H and O–H groups in total. The van der Waals surface area contributed by atoms with Gasteiger partial charge in [0.2, 0.25) is 5.91 Å². The van der Waals surface area contributed by atoms with Gasteiger partial charge in [0, 0.05) is 12.2 Å². The van der Waals surface area contributed by atoms with Crippen molar-refractivity contribution in [3.05, 3.63) is 65.7 Å². The second kappa shape index (κ2) is 6.95. The van der Waals surface area contributed by atoms with Crippen LogP contribution in [0.5, 0.6) is 0 Å². The van der Waals surface area contributed by atoms with E-state index in [1.807, 2.05) is 55.6 Å². The average Bonchev–Trinajstić information content (AvgIpc) is 3.31. The zero-order valence-corrected chi connectivity index (χ0v) is 13.5. The number of anilines is 1. The number of hydrogen-bond donors (Lipinski definition) is 2. The Bertz CT molecular complexity index is 639. The molecule has 4 heteroatoms. The van der Waals surface area contributed by atoms with Crippen LogP contribution in [0.15, 0.2) is 54.6 Å². The van der Waals surface area contributed by atoms with Crippen molar-refractivity contribution in [3.8, 4) is 0 Å². The first kappa shape index (κ1) is 16.5. The van der Waals surface area contributed by atoms with E-state index in [0.717, 1.165) is 30.6 Å². The van der Waals surface area contributed by atoms with E-state index in [9.17, 15) is 4.79 Å². The second-order valence-corrected chi connectivity index (χ2v) is 5.63. The Morgan fingerprint density at radius 3 is 2.45 bits per heavy atom. The van der Waals surface area contributed by atoms with Gasteiger partial charge in [-0.25, -0.2) is 0 Å². The SMILES string of the molecule is CNCc1cccc(NC(=O)C2(c3ccccc3)CC2)c1.Cl. The molecule has 0 bridgehead atoms. The van der Waals surface area contributed by atoms with Crippen LogP contribution in [0.2, 0.25) is 0 Å². The van der Waals surface area contributed by atoms with Crippen LogP contribution < -0.4 is 10.6 Å². The number of hydrogen-bond acceptors (Lipinski definition) is 2. The number of rotatable bonds is 5. The predicted molar refractivity (Wildman–Crippen MR) is 92.4 cm³/mol. The molecule has 0 radical (unpaired) electrons. The summed E-state index contributed by atoms with van der Waals surface area (Å²) in [6.45, 7) is 0.799. The van der Waals surface area contributed by atoms with Crippen molar-refractivity contribution in [1.82, 2.24) is 5.32 Å². The van der Waals surface area contributed by atoms with Crippen molar-refractivity contribution in [1.29, 1.82) is 0 Å². The van der Waals surface area contributed by atoms with Gasteiger partial charge < -0.3 is 10.6 Å². The summed E-state index contributed by atoms with van der Waals surface area (Å²) in [6.07, 6.45) is 1.86. The minimum absolute atomic E-state index is 0. The van der Waals surface area contributed by atoms with Crippen molar-refractivity contribution in [2.24, 2.45) is 0 Å². The Morgan fingerprint density at radius 1 is 1.09 bits per heavy atom. The molecule has 0 aliphatic heterocycles. The van der Waals surface area contributed by atoms with E-state index in [1.165, 1.54) is 5.56 Å². The molecular weight excluding hydrogens is 296 g/mol. The van der Waals surface area contributed by atoms with E-state index in [2.05, 4.69) is 16.7 Å². The van der Waals surface area contributed by atoms with Crippen LogP contribution in [0, 0.1) is 0 Å². The maximum atomic E-state index is 12.6. The molecule has 0 heterocycles. The molecule has 2 aromatic carbocycles. The summed E-state index contributed by atoms with van der Waals surface area (Å²) in [5.74, 6) is 0.107. The van der Waals surface area contributed by atoms with Crippen LogP contribution >= 0.6 is 12.4 Å². The summed E-state index contributed by atoms with van der Waals surface area (Å²) < 4.78 is 0. The molecule has 0 spiro atoms. The van der Waals surface area contributed by atoms with Crippen LogP contribution in [0.4, 0.5) is 5.69 Å². The van der Waals surface area contributed by atoms with E-state index in [-0.39, 0.29) is 23.7 Å². The first-order valence-corrected chi connectivity index (χ1v) is 7.35. The predicted octanol–water partition coefficient (Wildman–Crippen LogP) is 3.50. The van der Waals surface area contributed by atoms with Crippen LogP contribution in [0.3, 0.4) is 0 Å². The highest BCUT2D eigenvalue weighted by molar-refractivity contribution is 6.01. The monoisotopic (exact) mass is 316 g/mol. The highest BCUT2D eigenvalue weighted by Gasteiger charge is 2.51. The highest BCUT2D eigenvalue weighted by atomic mass is 35.5. The van der Waals surface area contributed by atoms with Gasteiger partial charge in [0.05, 0.1) is 5.41 Å². The molecule has 3 rings (SSSR count). The minimum Gasteiger partial charge on any atom is -0.325 e. The van der Waals surface area contributed by atoms with Gasteiger partial charge in [-0.3, -0.25) is 4.79 Å². The van der Waals surface area contributed by atoms with Crippen molar-refractivity contribution in [3.63, 3.8) is 0 Å². The standard InChI is InChI=1S/C18H20N2O.ClH/c1-19-13-14-6-5-9-16(12-14)20-17(21)18(10-11-18)15-7-3-2-4-8-15;/h2-9,12,19H,10-11,13H2,1H3,(H,20,21);1H. The van der Waals surface area contributed by atoms with Crippen LogP contribution in [-0.4, -0.2) is 13.0 Å². The van der Waals surface area contributed by atoms with Crippen LogP contribution in [-0.2, 0) is 16.8 Å². The van der Waals surface area contributed by atoms with Gasteiger partial charge in [-0.1, -0.05) is 42.5 Å². The molecule has 0 saturated heterocycles. The lowest BCUT2D eigenvalue weighted by molar-refractivity contribution is -0.118. The Morgan fingerprint density at radius 2 is 1.82 bits per heavy atom. The molecule has 1 aliphatic carbocycles. The van der Waals surface area contributed by atoms with Crippen molar-refractivity contribution >= 4 is 24.0 Å². The fourth-order valence-corrected chi connectivity index (χ4v) is 2.74.